The van der Waals surface area contributed by atoms with Crippen molar-refractivity contribution in [2.45, 2.75) is 6.92 Å². The number of sulfone groups is 1. The minimum atomic E-state index is -3.19. The highest BCUT2D eigenvalue weighted by molar-refractivity contribution is 7.90. The summed E-state index contributed by atoms with van der Waals surface area (Å²) in [4.78, 5) is 20.9. The highest BCUT2D eigenvalue weighted by atomic mass is 32.2. The number of nitrogens with one attached hydrogen (secondary N) is 1. The van der Waals surface area contributed by atoms with Crippen molar-refractivity contribution >= 4 is 32.7 Å². The van der Waals surface area contributed by atoms with E-state index in [2.05, 4.69) is 20.4 Å². The standard InChI is InChI=1S/C20H20N6O4S/c1-12-4-3-5-13(8-12)14-10-23-26(11-14)20-24-15-9-16(30-17(15)18(21)25-20)19(27)22-6-7-31(2,28)29/h3-5,8-11H,6-7H2,1-2H3,(H,22,27)(H2,21,24,25). The molecule has 1 amide bonds. The number of aromatic nitrogens is 4. The summed E-state index contributed by atoms with van der Waals surface area (Å²) in [6.07, 6.45) is 4.58. The molecule has 3 N–H and O–H groups in total. The Labute approximate surface area is 178 Å². The van der Waals surface area contributed by atoms with Gasteiger partial charge in [0.15, 0.2) is 17.2 Å². The van der Waals surface area contributed by atoms with Crippen LogP contribution in [0.3, 0.4) is 0 Å². The summed E-state index contributed by atoms with van der Waals surface area (Å²) in [6.45, 7) is 1.98. The molecule has 3 heterocycles. The highest BCUT2D eigenvalue weighted by Gasteiger charge is 2.18. The summed E-state index contributed by atoms with van der Waals surface area (Å²) in [6, 6.07) is 9.44. The Morgan fingerprint density at radius 2 is 2.03 bits per heavy atom. The molecule has 3 aromatic heterocycles. The molecule has 0 fully saturated rings. The Morgan fingerprint density at radius 3 is 2.77 bits per heavy atom. The zero-order chi connectivity index (χ0) is 22.2. The third-order valence-corrected chi connectivity index (χ3v) is 5.45. The Hall–Kier alpha value is -3.73. The van der Waals surface area contributed by atoms with E-state index < -0.39 is 15.7 Å². The molecular formula is C20H20N6O4S. The molecule has 0 unspecified atom stereocenters. The normalized spacial score (nSPS) is 11.7. The monoisotopic (exact) mass is 440 g/mol. The first-order chi connectivity index (χ1) is 14.7. The van der Waals surface area contributed by atoms with E-state index in [-0.39, 0.29) is 35.4 Å². The number of hydrogen-bond acceptors (Lipinski definition) is 8. The number of nitrogens with two attached hydrogens (primary N) is 1. The molecule has 1 aromatic carbocycles. The fourth-order valence-electron chi connectivity index (χ4n) is 3.00. The highest BCUT2D eigenvalue weighted by Crippen LogP contribution is 2.25. The lowest BCUT2D eigenvalue weighted by Gasteiger charge is -2.01. The van der Waals surface area contributed by atoms with Crippen LogP contribution in [0.4, 0.5) is 5.82 Å². The van der Waals surface area contributed by atoms with Gasteiger partial charge < -0.3 is 15.5 Å². The number of nitrogen functional groups attached to an aromatic ring is 1. The molecule has 11 heteroatoms. The van der Waals surface area contributed by atoms with Crippen molar-refractivity contribution in [3.8, 4) is 17.1 Å². The van der Waals surface area contributed by atoms with Crippen molar-refractivity contribution in [1.29, 1.82) is 0 Å². The summed E-state index contributed by atoms with van der Waals surface area (Å²) in [5.74, 6) is -0.490. The second-order valence-corrected chi connectivity index (χ2v) is 9.42. The van der Waals surface area contributed by atoms with E-state index in [1.54, 1.807) is 12.4 Å². The zero-order valence-corrected chi connectivity index (χ0v) is 17.7. The van der Waals surface area contributed by atoms with Gasteiger partial charge >= 0.3 is 0 Å². The van der Waals surface area contributed by atoms with Crippen LogP contribution in [-0.4, -0.2) is 52.6 Å². The average Bonchev–Trinajstić information content (AvgIpc) is 3.34. The number of aryl methyl sites for hydroxylation is 1. The third-order valence-electron chi connectivity index (χ3n) is 4.51. The zero-order valence-electron chi connectivity index (χ0n) is 16.9. The lowest BCUT2D eigenvalue weighted by Crippen LogP contribution is -2.28. The second-order valence-electron chi connectivity index (χ2n) is 7.16. The van der Waals surface area contributed by atoms with E-state index in [9.17, 15) is 13.2 Å². The SMILES string of the molecule is Cc1cccc(-c2cnn(-c3nc(N)c4oc(C(=O)NCCS(C)(=O)=O)cc4n3)c2)c1. The molecule has 4 aromatic rings. The van der Waals surface area contributed by atoms with Gasteiger partial charge in [0.2, 0.25) is 0 Å². The first kappa shape index (κ1) is 20.5. The van der Waals surface area contributed by atoms with E-state index >= 15 is 0 Å². The number of nitrogens with zero attached hydrogens (tertiary/aromatic N) is 4. The van der Waals surface area contributed by atoms with E-state index in [0.717, 1.165) is 22.9 Å². The molecule has 10 nitrogen and oxygen atoms in total. The van der Waals surface area contributed by atoms with Crippen molar-refractivity contribution in [2.24, 2.45) is 0 Å². The largest absolute Gasteiger partial charge is 0.445 e. The quantitative estimate of drug-likeness (QED) is 0.461. The number of hydrogen-bond donors (Lipinski definition) is 2. The van der Waals surface area contributed by atoms with Gasteiger partial charge in [0.1, 0.15) is 15.4 Å². The van der Waals surface area contributed by atoms with Crippen LogP contribution in [-0.2, 0) is 9.84 Å². The Kier molecular flexibility index (Phi) is 5.19. The van der Waals surface area contributed by atoms with E-state index in [0.29, 0.717) is 5.52 Å². The molecule has 0 aliphatic rings. The van der Waals surface area contributed by atoms with Crippen molar-refractivity contribution in [1.82, 2.24) is 25.1 Å². The van der Waals surface area contributed by atoms with Crippen LogP contribution >= 0.6 is 0 Å². The van der Waals surface area contributed by atoms with Gasteiger partial charge in [-0.25, -0.2) is 18.1 Å². The van der Waals surface area contributed by atoms with Crippen LogP contribution in [0.5, 0.6) is 0 Å². The van der Waals surface area contributed by atoms with Gasteiger partial charge in [-0.15, -0.1) is 0 Å². The number of rotatable bonds is 6. The second kappa shape index (κ2) is 7.84. The van der Waals surface area contributed by atoms with Gasteiger partial charge in [-0.3, -0.25) is 4.79 Å². The first-order valence-corrected chi connectivity index (χ1v) is 11.4. The molecule has 0 atom stereocenters. The van der Waals surface area contributed by atoms with Crippen LogP contribution < -0.4 is 11.1 Å². The van der Waals surface area contributed by atoms with E-state index in [1.165, 1.54) is 10.7 Å². The van der Waals surface area contributed by atoms with E-state index in [4.69, 9.17) is 10.2 Å². The predicted octanol–water partition coefficient (Wildman–Crippen LogP) is 1.74. The van der Waals surface area contributed by atoms with Crippen LogP contribution in [0.2, 0.25) is 0 Å². The molecule has 4 rings (SSSR count). The third kappa shape index (κ3) is 4.56. The number of carbonyl (C=O) groups is 1. The topological polar surface area (TPSA) is 146 Å². The van der Waals surface area contributed by atoms with E-state index in [1.807, 2.05) is 31.2 Å². The van der Waals surface area contributed by atoms with Crippen LogP contribution in [0.15, 0.2) is 47.1 Å². The Bertz CT molecular complexity index is 1390. The van der Waals surface area contributed by atoms with Crippen LogP contribution in [0.1, 0.15) is 16.1 Å². The predicted molar refractivity (Wildman–Crippen MR) is 116 cm³/mol. The summed E-state index contributed by atoms with van der Waals surface area (Å²) in [7, 11) is -3.19. The van der Waals surface area contributed by atoms with Gasteiger partial charge in [-0.05, 0) is 12.5 Å². The minimum absolute atomic E-state index is 0.0316. The Balaban J connectivity index is 1.60. The van der Waals surface area contributed by atoms with Gasteiger partial charge in [-0.2, -0.15) is 10.1 Å². The molecule has 0 aliphatic carbocycles. The van der Waals surface area contributed by atoms with Crippen molar-refractivity contribution in [3.63, 3.8) is 0 Å². The fraction of sp³-hybridized carbons (Fsp3) is 0.200. The van der Waals surface area contributed by atoms with Gasteiger partial charge in [-0.1, -0.05) is 29.8 Å². The van der Waals surface area contributed by atoms with Gasteiger partial charge in [0, 0.05) is 30.6 Å². The fourth-order valence-corrected chi connectivity index (χ4v) is 3.47. The summed E-state index contributed by atoms with van der Waals surface area (Å²) >= 11 is 0. The van der Waals surface area contributed by atoms with Gasteiger partial charge in [0.05, 0.1) is 11.9 Å². The molecule has 160 valence electrons. The molecular weight excluding hydrogens is 420 g/mol. The minimum Gasteiger partial charge on any atom is -0.445 e. The molecule has 0 saturated heterocycles. The van der Waals surface area contributed by atoms with Crippen LogP contribution in [0.25, 0.3) is 28.2 Å². The molecule has 31 heavy (non-hydrogen) atoms. The summed E-state index contributed by atoms with van der Waals surface area (Å²) < 4.78 is 29.4. The maximum atomic E-state index is 12.2. The maximum absolute atomic E-state index is 12.2. The van der Waals surface area contributed by atoms with Gasteiger partial charge in [0.25, 0.3) is 11.9 Å². The molecule has 0 aliphatic heterocycles. The molecule has 0 saturated carbocycles. The number of fused-ring (bicyclic) bond motifs is 1. The number of anilines is 1. The average molecular weight is 440 g/mol. The first-order valence-electron chi connectivity index (χ1n) is 9.35. The maximum Gasteiger partial charge on any atom is 0.287 e. The number of furan rings is 1. The number of benzene rings is 1. The molecule has 0 spiro atoms. The van der Waals surface area contributed by atoms with Crippen molar-refractivity contribution in [2.75, 3.05) is 24.3 Å². The molecule has 0 radical (unpaired) electrons. The number of amides is 1. The number of carbonyl (C=O) groups excluding carboxylic acids is 1. The van der Waals surface area contributed by atoms with Crippen molar-refractivity contribution < 1.29 is 17.6 Å². The lowest BCUT2D eigenvalue weighted by atomic mass is 10.1. The van der Waals surface area contributed by atoms with Crippen molar-refractivity contribution in [3.05, 3.63) is 54.0 Å². The smallest absolute Gasteiger partial charge is 0.287 e. The summed E-state index contributed by atoms with van der Waals surface area (Å²) in [5.41, 5.74) is 9.55. The lowest BCUT2D eigenvalue weighted by molar-refractivity contribution is 0.0930. The van der Waals surface area contributed by atoms with Crippen LogP contribution in [0, 0.1) is 6.92 Å². The summed E-state index contributed by atoms with van der Waals surface area (Å²) in [5, 5.41) is 6.80. The Morgan fingerprint density at radius 1 is 1.23 bits per heavy atom. The molecule has 0 bridgehead atoms.